The molecule has 1 aromatic carbocycles. The second-order valence-electron chi connectivity index (χ2n) is 3.99. The lowest BCUT2D eigenvalue weighted by atomic mass is 10.1. The van der Waals surface area contributed by atoms with Gasteiger partial charge in [0.05, 0.1) is 5.56 Å². The summed E-state index contributed by atoms with van der Waals surface area (Å²) in [6.07, 6.45) is -5.19. The van der Waals surface area contributed by atoms with Crippen molar-refractivity contribution in [2.24, 2.45) is 0 Å². The van der Waals surface area contributed by atoms with Crippen molar-refractivity contribution in [3.8, 4) is 0 Å². The second-order valence-corrected chi connectivity index (χ2v) is 3.99. The van der Waals surface area contributed by atoms with Crippen LogP contribution in [0.2, 0.25) is 0 Å². The van der Waals surface area contributed by atoms with E-state index >= 15 is 0 Å². The molecule has 0 bridgehead atoms. The van der Waals surface area contributed by atoms with Crippen LogP contribution in [-0.4, -0.2) is 29.3 Å². The first-order valence-corrected chi connectivity index (χ1v) is 5.50. The molecule has 5 nitrogen and oxygen atoms in total. The summed E-state index contributed by atoms with van der Waals surface area (Å²) in [5, 5.41) is 10.5. The number of rotatable bonds is 5. The topological polar surface area (TPSA) is 83.5 Å². The molecule has 1 rings (SSSR count). The predicted molar refractivity (Wildman–Crippen MR) is 61.0 cm³/mol. The van der Waals surface area contributed by atoms with Gasteiger partial charge in [0, 0.05) is 12.0 Å². The largest absolute Gasteiger partial charge is 0.480 e. The zero-order valence-electron chi connectivity index (χ0n) is 10.3. The van der Waals surface area contributed by atoms with E-state index in [1.54, 1.807) is 0 Å². The molecule has 1 atom stereocenters. The molecule has 0 fully saturated rings. The number of carbonyl (C=O) groups is 3. The van der Waals surface area contributed by atoms with Crippen molar-refractivity contribution in [1.82, 2.24) is 5.32 Å². The van der Waals surface area contributed by atoms with E-state index in [0.717, 1.165) is 0 Å². The highest BCUT2D eigenvalue weighted by Gasteiger charge is 2.32. The highest BCUT2D eigenvalue weighted by molar-refractivity contribution is 5.97. The normalized spacial score (nSPS) is 12.6. The van der Waals surface area contributed by atoms with Crippen LogP contribution in [-0.2, 0) is 15.8 Å². The van der Waals surface area contributed by atoms with Gasteiger partial charge < -0.3 is 15.2 Å². The lowest BCUT2D eigenvalue weighted by molar-refractivity contribution is -0.140. The van der Waals surface area contributed by atoms with Crippen LogP contribution in [0, 0.1) is 5.82 Å². The fourth-order valence-electron chi connectivity index (χ4n) is 1.44. The van der Waals surface area contributed by atoms with Gasteiger partial charge >= 0.3 is 12.1 Å². The molecule has 0 radical (unpaired) electrons. The number of halogens is 4. The third-order valence-electron chi connectivity index (χ3n) is 2.42. The van der Waals surface area contributed by atoms with Crippen molar-refractivity contribution in [3.05, 3.63) is 35.1 Å². The molecule has 0 saturated heterocycles. The van der Waals surface area contributed by atoms with Crippen molar-refractivity contribution < 1.29 is 37.1 Å². The number of benzene rings is 1. The van der Waals surface area contributed by atoms with E-state index in [0.29, 0.717) is 12.1 Å². The molecular formula is C12H9F4NO4. The lowest BCUT2D eigenvalue weighted by Gasteiger charge is -2.13. The molecule has 0 heterocycles. The van der Waals surface area contributed by atoms with E-state index in [2.05, 4.69) is 0 Å². The summed E-state index contributed by atoms with van der Waals surface area (Å²) in [6, 6.07) is -0.480. The SMILES string of the molecule is O=CCC(NC(=O)c1cc(F)cc(C(F)(F)F)c1)C(=O)O. The fraction of sp³-hybridized carbons (Fsp3) is 0.250. The summed E-state index contributed by atoms with van der Waals surface area (Å²) in [7, 11) is 0. The number of hydrogen-bond acceptors (Lipinski definition) is 3. The maximum absolute atomic E-state index is 13.1. The van der Waals surface area contributed by atoms with Crippen LogP contribution in [0.4, 0.5) is 17.6 Å². The van der Waals surface area contributed by atoms with Crippen LogP contribution in [0.3, 0.4) is 0 Å². The molecule has 0 saturated carbocycles. The molecular weight excluding hydrogens is 298 g/mol. The van der Waals surface area contributed by atoms with E-state index < -0.39 is 47.5 Å². The van der Waals surface area contributed by atoms with Crippen LogP contribution >= 0.6 is 0 Å². The molecule has 1 amide bonds. The minimum absolute atomic E-state index is 0.205. The third-order valence-corrected chi connectivity index (χ3v) is 2.42. The molecule has 1 aromatic rings. The number of alkyl halides is 3. The first-order valence-electron chi connectivity index (χ1n) is 5.50. The van der Waals surface area contributed by atoms with Crippen molar-refractivity contribution in [1.29, 1.82) is 0 Å². The van der Waals surface area contributed by atoms with Gasteiger partial charge in [0.15, 0.2) is 0 Å². The fourth-order valence-corrected chi connectivity index (χ4v) is 1.44. The molecule has 9 heteroatoms. The Morgan fingerprint density at radius 2 is 1.90 bits per heavy atom. The summed E-state index contributed by atoms with van der Waals surface area (Å²) in [5.41, 5.74) is -2.07. The number of carboxylic acid groups (broad SMARTS) is 1. The van der Waals surface area contributed by atoms with Gasteiger partial charge in [-0.25, -0.2) is 9.18 Å². The smallest absolute Gasteiger partial charge is 0.416 e. The van der Waals surface area contributed by atoms with Gasteiger partial charge in [0.1, 0.15) is 18.1 Å². The Morgan fingerprint density at radius 3 is 2.38 bits per heavy atom. The van der Waals surface area contributed by atoms with Crippen molar-refractivity contribution in [2.45, 2.75) is 18.6 Å². The summed E-state index contributed by atoms with van der Waals surface area (Å²) in [6.45, 7) is 0. The van der Waals surface area contributed by atoms with Crippen LogP contribution in [0.1, 0.15) is 22.3 Å². The third kappa shape index (κ3) is 4.55. The van der Waals surface area contributed by atoms with Crippen molar-refractivity contribution in [3.63, 3.8) is 0 Å². The average molecular weight is 307 g/mol. The molecule has 2 N–H and O–H groups in total. The van der Waals surface area contributed by atoms with Crippen LogP contribution in [0.25, 0.3) is 0 Å². The first-order chi connectivity index (χ1) is 9.65. The van der Waals surface area contributed by atoms with E-state index in [-0.39, 0.29) is 12.4 Å². The Kier molecular flexibility index (Phi) is 5.01. The monoisotopic (exact) mass is 307 g/mol. The van der Waals surface area contributed by atoms with Gasteiger partial charge in [-0.15, -0.1) is 0 Å². The Bertz CT molecular complexity index is 571. The molecule has 21 heavy (non-hydrogen) atoms. The van der Waals surface area contributed by atoms with Crippen LogP contribution in [0.15, 0.2) is 18.2 Å². The van der Waals surface area contributed by atoms with E-state index in [4.69, 9.17) is 5.11 Å². The maximum Gasteiger partial charge on any atom is 0.416 e. The zero-order chi connectivity index (χ0) is 16.2. The number of nitrogens with one attached hydrogen (secondary N) is 1. The minimum Gasteiger partial charge on any atom is -0.480 e. The Balaban J connectivity index is 3.04. The van der Waals surface area contributed by atoms with Gasteiger partial charge in [-0.2, -0.15) is 13.2 Å². The van der Waals surface area contributed by atoms with Crippen molar-refractivity contribution in [2.75, 3.05) is 0 Å². The summed E-state index contributed by atoms with van der Waals surface area (Å²) >= 11 is 0. The molecule has 1 unspecified atom stereocenters. The Morgan fingerprint density at radius 1 is 1.29 bits per heavy atom. The quantitative estimate of drug-likeness (QED) is 0.639. The van der Waals surface area contributed by atoms with E-state index in [1.165, 1.54) is 0 Å². The first kappa shape index (κ1) is 16.6. The molecule has 0 spiro atoms. The minimum atomic E-state index is -4.86. The number of aldehydes is 1. The molecule has 0 aliphatic heterocycles. The van der Waals surface area contributed by atoms with Gasteiger partial charge in [-0.1, -0.05) is 0 Å². The summed E-state index contributed by atoms with van der Waals surface area (Å²) in [5.74, 6) is -4.06. The van der Waals surface area contributed by atoms with E-state index in [1.807, 2.05) is 5.32 Å². The molecule has 114 valence electrons. The highest BCUT2D eigenvalue weighted by atomic mass is 19.4. The van der Waals surface area contributed by atoms with Crippen LogP contribution in [0.5, 0.6) is 0 Å². The summed E-state index contributed by atoms with van der Waals surface area (Å²) < 4.78 is 50.6. The van der Waals surface area contributed by atoms with Gasteiger partial charge in [0.25, 0.3) is 5.91 Å². The predicted octanol–water partition coefficient (Wildman–Crippen LogP) is 1.62. The Labute approximate surface area is 115 Å². The number of carboxylic acids is 1. The molecule has 0 aliphatic carbocycles. The average Bonchev–Trinajstić information content (AvgIpc) is 2.36. The van der Waals surface area contributed by atoms with Gasteiger partial charge in [-0.05, 0) is 18.2 Å². The highest BCUT2D eigenvalue weighted by Crippen LogP contribution is 2.30. The second kappa shape index (κ2) is 6.33. The number of aliphatic carboxylic acids is 1. The number of hydrogen-bond donors (Lipinski definition) is 2. The zero-order valence-corrected chi connectivity index (χ0v) is 10.3. The van der Waals surface area contributed by atoms with Gasteiger partial charge in [-0.3, -0.25) is 4.79 Å². The molecule has 0 aliphatic rings. The van der Waals surface area contributed by atoms with Crippen LogP contribution < -0.4 is 5.32 Å². The lowest BCUT2D eigenvalue weighted by Crippen LogP contribution is -2.41. The number of carbonyl (C=O) groups excluding carboxylic acids is 2. The summed E-state index contributed by atoms with van der Waals surface area (Å²) in [4.78, 5) is 32.6. The Hall–Kier alpha value is -2.45. The standard InChI is InChI=1S/C12H9F4NO4/c13-8-4-6(3-7(5-8)12(14,15)16)10(19)17-9(1-2-18)11(20)21/h2-5,9H,1H2,(H,17,19)(H,20,21). The molecule has 0 aromatic heterocycles. The van der Waals surface area contributed by atoms with Gasteiger partial charge in [0.2, 0.25) is 0 Å². The van der Waals surface area contributed by atoms with E-state index in [9.17, 15) is 31.9 Å². The van der Waals surface area contributed by atoms with Crippen molar-refractivity contribution >= 4 is 18.2 Å². The maximum atomic E-state index is 13.1. The number of amides is 1.